The average Bonchev–Trinajstić information content (AvgIpc) is 2.88. The molecule has 1 aliphatic rings. The van der Waals surface area contributed by atoms with Crippen LogP contribution in [0.25, 0.3) is 10.9 Å². The van der Waals surface area contributed by atoms with Crippen LogP contribution in [0.1, 0.15) is 16.8 Å². The zero-order valence-corrected chi connectivity index (χ0v) is 13.1. The number of H-pyrrole nitrogens is 3. The Morgan fingerprint density at radius 2 is 2.17 bits per heavy atom. The number of halogens is 1. The summed E-state index contributed by atoms with van der Waals surface area (Å²) in [5.74, 6) is -0.246. The smallest absolute Gasteiger partial charge is 0.255 e. The largest absolute Gasteiger partial charge is 0.361 e. The summed E-state index contributed by atoms with van der Waals surface area (Å²) in [6, 6.07) is 4.77. The molecule has 0 saturated carbocycles. The van der Waals surface area contributed by atoms with Crippen LogP contribution in [-0.4, -0.2) is 26.4 Å². The Morgan fingerprint density at radius 1 is 1.30 bits per heavy atom. The van der Waals surface area contributed by atoms with E-state index in [0.29, 0.717) is 17.7 Å². The van der Waals surface area contributed by atoms with Gasteiger partial charge in [-0.2, -0.15) is 0 Å². The predicted octanol–water partition coefficient (Wildman–Crippen LogP) is 2.61. The van der Waals surface area contributed by atoms with Crippen molar-refractivity contribution in [1.82, 2.24) is 19.9 Å². The second-order valence-corrected chi connectivity index (χ2v) is 6.24. The molecule has 0 aliphatic carbocycles. The molecule has 0 unspecified atom stereocenters. The average molecular weight is 330 g/mol. The molecular weight excluding hydrogens is 315 g/mol. The van der Waals surface area contributed by atoms with E-state index in [0.717, 1.165) is 40.8 Å². The lowest BCUT2D eigenvalue weighted by Gasteiger charge is -2.27. The van der Waals surface area contributed by atoms with Crippen molar-refractivity contribution >= 4 is 23.1 Å². The molecule has 0 radical (unpaired) electrons. The third-order valence-electron chi connectivity index (χ3n) is 4.31. The zero-order valence-electron chi connectivity index (χ0n) is 12.3. The van der Waals surface area contributed by atoms with Crippen molar-refractivity contribution in [2.75, 3.05) is 6.54 Å². The summed E-state index contributed by atoms with van der Waals surface area (Å²) in [5, 5.41) is 1.02. The maximum Gasteiger partial charge on any atom is 0.255 e. The van der Waals surface area contributed by atoms with Crippen molar-refractivity contribution in [1.29, 1.82) is 0 Å². The molecule has 0 atom stereocenters. The maximum atomic E-state index is 13.3. The standard InChI is InChI=1S/C16H15FN4OS/c17-10-1-2-11-9(6-18-13(11)5-10)7-21-4-3-12-14(8-21)19-16(23)20-15(12)22/h1-2,5-6,18H,3-4,7-8H2,(H2,19,20,22,23). The second kappa shape index (κ2) is 5.43. The molecule has 3 aromatic rings. The number of rotatable bonds is 2. The van der Waals surface area contributed by atoms with Gasteiger partial charge in [-0.15, -0.1) is 0 Å². The number of benzene rings is 1. The molecule has 4 rings (SSSR count). The summed E-state index contributed by atoms with van der Waals surface area (Å²) >= 11 is 5.04. The highest BCUT2D eigenvalue weighted by atomic mass is 32.1. The summed E-state index contributed by atoms with van der Waals surface area (Å²) in [6.07, 6.45) is 2.60. The van der Waals surface area contributed by atoms with Crippen LogP contribution in [0.5, 0.6) is 0 Å². The third kappa shape index (κ3) is 2.62. The highest BCUT2D eigenvalue weighted by Gasteiger charge is 2.20. The van der Waals surface area contributed by atoms with Gasteiger partial charge < -0.3 is 9.97 Å². The van der Waals surface area contributed by atoms with E-state index in [1.54, 1.807) is 6.07 Å². The molecule has 7 heteroatoms. The molecular formula is C16H15FN4OS. The minimum absolute atomic E-state index is 0.0917. The van der Waals surface area contributed by atoms with Gasteiger partial charge in [-0.3, -0.25) is 14.7 Å². The van der Waals surface area contributed by atoms with Crippen molar-refractivity contribution in [3.8, 4) is 0 Å². The van der Waals surface area contributed by atoms with Crippen molar-refractivity contribution in [3.63, 3.8) is 0 Å². The van der Waals surface area contributed by atoms with Crippen molar-refractivity contribution in [3.05, 3.63) is 62.2 Å². The van der Waals surface area contributed by atoms with E-state index >= 15 is 0 Å². The molecule has 0 spiro atoms. The highest BCUT2D eigenvalue weighted by molar-refractivity contribution is 7.71. The van der Waals surface area contributed by atoms with E-state index in [1.165, 1.54) is 12.1 Å². The molecule has 23 heavy (non-hydrogen) atoms. The summed E-state index contributed by atoms with van der Waals surface area (Å²) < 4.78 is 13.6. The summed E-state index contributed by atoms with van der Waals surface area (Å²) in [6.45, 7) is 2.18. The Hall–Kier alpha value is -2.25. The Bertz CT molecular complexity index is 1000. The number of nitrogens with one attached hydrogen (secondary N) is 3. The Labute approximate surface area is 136 Å². The quantitative estimate of drug-likeness (QED) is 0.633. The first-order chi connectivity index (χ1) is 11.1. The SMILES string of the molecule is O=c1[nH]c(=S)[nH]c2c1CCN(Cc1c[nH]c3cc(F)ccc13)C2. The number of hydrogen-bond acceptors (Lipinski definition) is 3. The van der Waals surface area contributed by atoms with Crippen LogP contribution >= 0.6 is 12.2 Å². The van der Waals surface area contributed by atoms with Crippen LogP contribution in [0.15, 0.2) is 29.2 Å². The molecule has 0 amide bonds. The molecule has 3 heterocycles. The molecule has 1 aliphatic heterocycles. The first-order valence-corrected chi connectivity index (χ1v) is 7.83. The van der Waals surface area contributed by atoms with Gasteiger partial charge >= 0.3 is 0 Å². The fourth-order valence-electron chi connectivity index (χ4n) is 3.20. The monoisotopic (exact) mass is 330 g/mol. The maximum absolute atomic E-state index is 13.3. The molecule has 2 aromatic heterocycles. The van der Waals surface area contributed by atoms with Gasteiger partial charge in [0.25, 0.3) is 5.56 Å². The Morgan fingerprint density at radius 3 is 3.04 bits per heavy atom. The van der Waals surface area contributed by atoms with Gasteiger partial charge in [-0.1, -0.05) is 0 Å². The fourth-order valence-corrected chi connectivity index (χ4v) is 3.41. The van der Waals surface area contributed by atoms with Gasteiger partial charge in [0.05, 0.1) is 0 Å². The van der Waals surface area contributed by atoms with E-state index in [9.17, 15) is 9.18 Å². The molecule has 118 valence electrons. The minimum atomic E-state index is -0.246. The normalized spacial score (nSPS) is 15.0. The lowest BCUT2D eigenvalue weighted by Crippen LogP contribution is -2.34. The number of hydrogen-bond donors (Lipinski definition) is 3. The van der Waals surface area contributed by atoms with Crippen LogP contribution < -0.4 is 5.56 Å². The third-order valence-corrected chi connectivity index (χ3v) is 4.52. The lowest BCUT2D eigenvalue weighted by atomic mass is 10.1. The van der Waals surface area contributed by atoms with Crippen LogP contribution in [0.2, 0.25) is 0 Å². The molecule has 0 bridgehead atoms. The van der Waals surface area contributed by atoms with Crippen molar-refractivity contribution < 1.29 is 4.39 Å². The van der Waals surface area contributed by atoms with Crippen molar-refractivity contribution in [2.45, 2.75) is 19.5 Å². The van der Waals surface area contributed by atoms with Crippen molar-refractivity contribution in [2.24, 2.45) is 0 Å². The van der Waals surface area contributed by atoms with E-state index in [1.807, 2.05) is 6.20 Å². The first kappa shape index (κ1) is 14.3. The fraction of sp³-hybridized carbons (Fsp3) is 0.250. The summed E-state index contributed by atoms with van der Waals surface area (Å²) in [4.78, 5) is 23.0. The van der Waals surface area contributed by atoms with Gasteiger partial charge in [0.15, 0.2) is 4.77 Å². The van der Waals surface area contributed by atoms with E-state index in [2.05, 4.69) is 19.9 Å². The van der Waals surface area contributed by atoms with Crippen LogP contribution in [0, 0.1) is 10.6 Å². The Kier molecular flexibility index (Phi) is 3.39. The predicted molar refractivity (Wildman–Crippen MR) is 88.3 cm³/mol. The molecule has 3 N–H and O–H groups in total. The van der Waals surface area contributed by atoms with Gasteiger partial charge in [0.2, 0.25) is 0 Å². The van der Waals surface area contributed by atoms with Gasteiger partial charge in [0, 0.05) is 48.0 Å². The van der Waals surface area contributed by atoms with Gasteiger partial charge in [0.1, 0.15) is 5.82 Å². The highest BCUT2D eigenvalue weighted by Crippen LogP contribution is 2.23. The lowest BCUT2D eigenvalue weighted by molar-refractivity contribution is 0.241. The summed E-state index contributed by atoms with van der Waals surface area (Å²) in [5.41, 5.74) is 3.50. The number of nitrogens with zero attached hydrogens (tertiary/aromatic N) is 1. The Balaban J connectivity index is 1.62. The molecule has 1 aromatic carbocycles. The first-order valence-electron chi connectivity index (χ1n) is 7.42. The van der Waals surface area contributed by atoms with Gasteiger partial charge in [-0.05, 0) is 42.4 Å². The number of aromatic amines is 3. The summed E-state index contributed by atoms with van der Waals surface area (Å²) in [7, 11) is 0. The number of aromatic nitrogens is 3. The van der Waals surface area contributed by atoms with E-state index in [4.69, 9.17) is 12.2 Å². The number of fused-ring (bicyclic) bond motifs is 2. The minimum Gasteiger partial charge on any atom is -0.361 e. The molecule has 5 nitrogen and oxygen atoms in total. The molecule has 0 saturated heterocycles. The zero-order chi connectivity index (χ0) is 16.0. The van der Waals surface area contributed by atoms with E-state index < -0.39 is 0 Å². The van der Waals surface area contributed by atoms with Crippen LogP contribution in [0.4, 0.5) is 4.39 Å². The van der Waals surface area contributed by atoms with Crippen LogP contribution in [-0.2, 0) is 19.5 Å². The second-order valence-electron chi connectivity index (χ2n) is 5.83. The van der Waals surface area contributed by atoms with E-state index in [-0.39, 0.29) is 11.4 Å². The molecule has 0 fully saturated rings. The van der Waals surface area contributed by atoms with Crippen LogP contribution in [0.3, 0.4) is 0 Å². The topological polar surface area (TPSA) is 67.7 Å². The van der Waals surface area contributed by atoms with Gasteiger partial charge in [-0.25, -0.2) is 4.39 Å².